The Balaban J connectivity index is 2.30. The number of aromatic nitrogens is 2. The first-order chi connectivity index (χ1) is 9.40. The predicted molar refractivity (Wildman–Crippen MR) is 78.4 cm³/mol. The molecule has 0 unspecified atom stereocenters. The second kappa shape index (κ2) is 5.76. The average molecular weight is 312 g/mol. The number of nitrogens with zero attached hydrogens (tertiary/aromatic N) is 2. The topological polar surface area (TPSA) is 72.0 Å². The van der Waals surface area contributed by atoms with Crippen molar-refractivity contribution in [1.82, 2.24) is 9.97 Å². The monoisotopic (exact) mass is 311 g/mol. The Labute approximate surface area is 123 Å². The van der Waals surface area contributed by atoms with Crippen LogP contribution in [0.3, 0.4) is 0 Å². The Morgan fingerprint density at radius 3 is 2.40 bits per heavy atom. The van der Waals surface area contributed by atoms with Crippen molar-refractivity contribution in [2.24, 2.45) is 0 Å². The summed E-state index contributed by atoms with van der Waals surface area (Å²) >= 11 is 5.78. The van der Waals surface area contributed by atoms with Crippen molar-refractivity contribution >= 4 is 27.6 Å². The first kappa shape index (κ1) is 14.7. The fraction of sp³-hybridized carbons (Fsp3) is 0.231. The van der Waals surface area contributed by atoms with Crippen LogP contribution in [0.1, 0.15) is 18.2 Å². The van der Waals surface area contributed by atoms with Crippen molar-refractivity contribution in [2.45, 2.75) is 25.2 Å². The van der Waals surface area contributed by atoms with Gasteiger partial charge in [0.05, 0.1) is 4.90 Å². The highest BCUT2D eigenvalue weighted by molar-refractivity contribution is 7.92. The lowest BCUT2D eigenvalue weighted by molar-refractivity contribution is 0.600. The summed E-state index contributed by atoms with van der Waals surface area (Å²) in [6.07, 6.45) is 0.852. The van der Waals surface area contributed by atoms with Crippen LogP contribution in [-0.2, 0) is 16.4 Å². The van der Waals surface area contributed by atoms with Crippen LogP contribution in [0.15, 0.2) is 35.2 Å². The highest BCUT2D eigenvalue weighted by Crippen LogP contribution is 2.16. The van der Waals surface area contributed by atoms with Gasteiger partial charge in [-0.05, 0) is 37.1 Å². The molecule has 1 aromatic heterocycles. The SMILES string of the molecule is CCc1ccc(S(=O)(=O)Nc2nc(C)cc(Cl)n2)cc1. The summed E-state index contributed by atoms with van der Waals surface area (Å²) < 4.78 is 26.7. The fourth-order valence-electron chi connectivity index (χ4n) is 1.66. The molecule has 106 valence electrons. The van der Waals surface area contributed by atoms with E-state index in [-0.39, 0.29) is 16.0 Å². The number of halogens is 1. The minimum atomic E-state index is -3.71. The number of hydrogen-bond donors (Lipinski definition) is 1. The number of rotatable bonds is 4. The Kier molecular flexibility index (Phi) is 4.25. The van der Waals surface area contributed by atoms with Crippen molar-refractivity contribution < 1.29 is 8.42 Å². The molecule has 0 fully saturated rings. The van der Waals surface area contributed by atoms with Gasteiger partial charge in [-0.25, -0.2) is 23.1 Å². The summed E-state index contributed by atoms with van der Waals surface area (Å²) in [4.78, 5) is 8.00. The van der Waals surface area contributed by atoms with E-state index in [4.69, 9.17) is 11.6 Å². The first-order valence-corrected chi connectivity index (χ1v) is 7.90. The van der Waals surface area contributed by atoms with Crippen LogP contribution in [0, 0.1) is 6.92 Å². The Bertz CT molecular complexity index is 695. The van der Waals surface area contributed by atoms with Gasteiger partial charge in [0, 0.05) is 5.69 Å². The van der Waals surface area contributed by atoms with Crippen LogP contribution in [0.25, 0.3) is 0 Å². The summed E-state index contributed by atoms with van der Waals surface area (Å²) in [5.74, 6) is -0.0328. The van der Waals surface area contributed by atoms with E-state index in [0.29, 0.717) is 5.69 Å². The van der Waals surface area contributed by atoms with E-state index in [1.165, 1.54) is 0 Å². The van der Waals surface area contributed by atoms with Crippen LogP contribution in [0.4, 0.5) is 5.95 Å². The molecule has 1 aromatic carbocycles. The van der Waals surface area contributed by atoms with Crippen molar-refractivity contribution in [1.29, 1.82) is 0 Å². The van der Waals surface area contributed by atoms with Gasteiger partial charge in [0.15, 0.2) is 0 Å². The third-order valence-electron chi connectivity index (χ3n) is 2.69. The van der Waals surface area contributed by atoms with E-state index in [9.17, 15) is 8.42 Å². The van der Waals surface area contributed by atoms with Gasteiger partial charge in [-0.2, -0.15) is 0 Å². The van der Waals surface area contributed by atoms with Gasteiger partial charge in [-0.1, -0.05) is 30.7 Å². The van der Waals surface area contributed by atoms with Gasteiger partial charge < -0.3 is 0 Å². The van der Waals surface area contributed by atoms with Crippen LogP contribution in [0.5, 0.6) is 0 Å². The highest BCUT2D eigenvalue weighted by atomic mass is 35.5. The Morgan fingerprint density at radius 1 is 1.20 bits per heavy atom. The molecule has 0 bridgehead atoms. The third-order valence-corrected chi connectivity index (χ3v) is 4.23. The number of nitrogens with one attached hydrogen (secondary N) is 1. The lowest BCUT2D eigenvalue weighted by Gasteiger charge is -2.08. The minimum absolute atomic E-state index is 0.0328. The fourth-order valence-corrected chi connectivity index (χ4v) is 2.84. The van der Waals surface area contributed by atoms with E-state index in [2.05, 4.69) is 14.7 Å². The zero-order valence-corrected chi connectivity index (χ0v) is 12.7. The maximum Gasteiger partial charge on any atom is 0.264 e. The molecular weight excluding hydrogens is 298 g/mol. The lowest BCUT2D eigenvalue weighted by atomic mass is 10.2. The molecule has 0 saturated heterocycles. The molecule has 0 saturated carbocycles. The third kappa shape index (κ3) is 3.46. The summed E-state index contributed by atoms with van der Waals surface area (Å²) in [5, 5.41) is 0.191. The van der Waals surface area contributed by atoms with Crippen LogP contribution in [-0.4, -0.2) is 18.4 Å². The normalized spacial score (nSPS) is 11.3. The zero-order chi connectivity index (χ0) is 14.8. The minimum Gasteiger partial charge on any atom is -0.247 e. The molecule has 2 rings (SSSR count). The number of hydrogen-bond acceptors (Lipinski definition) is 4. The molecule has 0 spiro atoms. The van der Waals surface area contributed by atoms with Crippen LogP contribution in [0.2, 0.25) is 5.15 Å². The predicted octanol–water partition coefficient (Wildman–Crippen LogP) is 2.80. The summed E-state index contributed by atoms with van der Waals surface area (Å²) in [6.45, 7) is 3.71. The molecule has 0 aliphatic rings. The second-order valence-electron chi connectivity index (χ2n) is 4.26. The quantitative estimate of drug-likeness (QED) is 0.881. The number of sulfonamides is 1. The van der Waals surface area contributed by atoms with E-state index in [1.54, 1.807) is 37.3 Å². The molecule has 0 aliphatic carbocycles. The first-order valence-electron chi connectivity index (χ1n) is 6.03. The van der Waals surface area contributed by atoms with Gasteiger partial charge in [-0.3, -0.25) is 0 Å². The Morgan fingerprint density at radius 2 is 1.85 bits per heavy atom. The van der Waals surface area contributed by atoms with Crippen molar-refractivity contribution in [3.63, 3.8) is 0 Å². The molecular formula is C13H14ClN3O2S. The standard InChI is InChI=1S/C13H14ClN3O2S/c1-3-10-4-6-11(7-5-10)20(18,19)17-13-15-9(2)8-12(14)16-13/h4-8H,3H2,1-2H3,(H,15,16,17). The van der Waals surface area contributed by atoms with E-state index >= 15 is 0 Å². The van der Waals surface area contributed by atoms with Gasteiger partial charge in [0.2, 0.25) is 5.95 Å². The van der Waals surface area contributed by atoms with Crippen molar-refractivity contribution in [3.8, 4) is 0 Å². The smallest absolute Gasteiger partial charge is 0.247 e. The number of anilines is 1. The molecule has 7 heteroatoms. The summed E-state index contributed by atoms with van der Waals surface area (Å²) in [6, 6.07) is 8.21. The number of benzene rings is 1. The van der Waals surface area contributed by atoms with Gasteiger partial charge >= 0.3 is 0 Å². The summed E-state index contributed by atoms with van der Waals surface area (Å²) in [7, 11) is -3.71. The molecule has 0 aliphatic heterocycles. The van der Waals surface area contributed by atoms with E-state index < -0.39 is 10.0 Å². The maximum atomic E-state index is 12.2. The molecule has 20 heavy (non-hydrogen) atoms. The molecule has 0 amide bonds. The molecule has 2 aromatic rings. The largest absolute Gasteiger partial charge is 0.264 e. The molecule has 1 N–H and O–H groups in total. The molecule has 0 atom stereocenters. The van der Waals surface area contributed by atoms with Crippen LogP contribution < -0.4 is 4.72 Å². The molecule has 0 radical (unpaired) electrons. The van der Waals surface area contributed by atoms with E-state index in [0.717, 1.165) is 12.0 Å². The summed E-state index contributed by atoms with van der Waals surface area (Å²) in [5.41, 5.74) is 1.66. The lowest BCUT2D eigenvalue weighted by Crippen LogP contribution is -2.15. The number of aryl methyl sites for hydroxylation is 2. The average Bonchev–Trinajstić information content (AvgIpc) is 2.37. The van der Waals surface area contributed by atoms with Gasteiger partial charge in [-0.15, -0.1) is 0 Å². The highest BCUT2D eigenvalue weighted by Gasteiger charge is 2.16. The van der Waals surface area contributed by atoms with Crippen molar-refractivity contribution in [3.05, 3.63) is 46.7 Å². The molecule has 5 nitrogen and oxygen atoms in total. The molecule has 1 heterocycles. The van der Waals surface area contributed by atoms with Crippen LogP contribution >= 0.6 is 11.6 Å². The van der Waals surface area contributed by atoms with E-state index in [1.807, 2.05) is 6.92 Å². The second-order valence-corrected chi connectivity index (χ2v) is 6.33. The Hall–Kier alpha value is -1.66. The van der Waals surface area contributed by atoms with Gasteiger partial charge in [0.25, 0.3) is 10.0 Å². The zero-order valence-electron chi connectivity index (χ0n) is 11.1. The van der Waals surface area contributed by atoms with Gasteiger partial charge in [0.1, 0.15) is 5.15 Å². The van der Waals surface area contributed by atoms with Crippen molar-refractivity contribution in [2.75, 3.05) is 4.72 Å². The maximum absolute atomic E-state index is 12.2.